The van der Waals surface area contributed by atoms with Crippen LogP contribution in [0.15, 0.2) is 0 Å². The highest BCUT2D eigenvalue weighted by atomic mass is 16.5. The van der Waals surface area contributed by atoms with Gasteiger partial charge in [0.15, 0.2) is 0 Å². The Bertz CT molecular complexity index is 246. The van der Waals surface area contributed by atoms with Crippen LogP contribution >= 0.6 is 0 Å². The molecule has 0 aliphatic carbocycles. The molecule has 0 aliphatic heterocycles. The Labute approximate surface area is 118 Å². The number of rotatable bonds is 9. The van der Waals surface area contributed by atoms with Crippen molar-refractivity contribution in [1.82, 2.24) is 5.32 Å². The maximum absolute atomic E-state index is 10.0. The van der Waals surface area contributed by atoms with Crippen LogP contribution in [0.3, 0.4) is 0 Å². The van der Waals surface area contributed by atoms with Crippen LogP contribution in [0.1, 0.15) is 54.9 Å². The number of hydrogen-bond donors (Lipinski definition) is 3. The highest BCUT2D eigenvalue weighted by Gasteiger charge is 2.34. The summed E-state index contributed by atoms with van der Waals surface area (Å²) in [6.45, 7) is 14.4. The highest BCUT2D eigenvalue weighted by Crippen LogP contribution is 2.20. The van der Waals surface area contributed by atoms with Gasteiger partial charge >= 0.3 is 0 Å². The summed E-state index contributed by atoms with van der Waals surface area (Å²) in [6, 6.07) is 0. The Kier molecular flexibility index (Phi) is 7.51. The topological polar surface area (TPSA) is 61.7 Å². The molecule has 0 amide bonds. The van der Waals surface area contributed by atoms with E-state index < -0.39 is 17.2 Å². The molecule has 0 saturated carbocycles. The van der Waals surface area contributed by atoms with Crippen LogP contribution < -0.4 is 5.32 Å². The maximum atomic E-state index is 10.0. The van der Waals surface area contributed by atoms with Crippen molar-refractivity contribution in [3.63, 3.8) is 0 Å². The number of hydrogen-bond acceptors (Lipinski definition) is 4. The minimum absolute atomic E-state index is 0.164. The lowest BCUT2D eigenvalue weighted by molar-refractivity contribution is -0.0298. The first-order chi connectivity index (χ1) is 8.45. The second-order valence-corrected chi connectivity index (χ2v) is 6.99. The molecule has 19 heavy (non-hydrogen) atoms. The summed E-state index contributed by atoms with van der Waals surface area (Å²) < 4.78 is 5.61. The average molecular weight is 275 g/mol. The largest absolute Gasteiger partial charge is 0.389 e. The van der Waals surface area contributed by atoms with E-state index >= 15 is 0 Å². The summed E-state index contributed by atoms with van der Waals surface area (Å²) >= 11 is 0. The fraction of sp³-hybridized carbons (Fsp3) is 1.00. The molecule has 0 radical (unpaired) electrons. The first kappa shape index (κ1) is 18.8. The third kappa shape index (κ3) is 7.88. The molecule has 0 heterocycles. The Morgan fingerprint density at radius 1 is 1.11 bits per heavy atom. The van der Waals surface area contributed by atoms with E-state index in [-0.39, 0.29) is 6.10 Å². The summed E-state index contributed by atoms with van der Waals surface area (Å²) in [4.78, 5) is 0. The molecule has 0 aliphatic rings. The van der Waals surface area contributed by atoms with Crippen LogP contribution in [0.2, 0.25) is 0 Å². The Hall–Kier alpha value is -0.160. The molecule has 0 aromatic heterocycles. The molecule has 0 bridgehead atoms. The molecule has 4 heteroatoms. The van der Waals surface area contributed by atoms with Gasteiger partial charge in [-0.1, -0.05) is 13.8 Å². The molecular weight excluding hydrogens is 242 g/mol. The second-order valence-electron chi connectivity index (χ2n) is 6.99. The van der Waals surface area contributed by atoms with Gasteiger partial charge in [0.05, 0.1) is 24.4 Å². The molecular formula is C15H33NO3. The molecule has 0 spiro atoms. The lowest BCUT2D eigenvalue weighted by Crippen LogP contribution is -2.57. The van der Waals surface area contributed by atoms with Crippen molar-refractivity contribution in [2.45, 2.75) is 78.2 Å². The molecule has 3 N–H and O–H groups in total. The summed E-state index contributed by atoms with van der Waals surface area (Å²) in [5.41, 5.74) is -1.31. The molecule has 0 rings (SSSR count). The lowest BCUT2D eigenvalue weighted by Gasteiger charge is -2.38. The Morgan fingerprint density at radius 2 is 1.63 bits per heavy atom. The zero-order chi connectivity index (χ0) is 15.3. The zero-order valence-electron chi connectivity index (χ0n) is 13.7. The van der Waals surface area contributed by atoms with Crippen LogP contribution in [0.5, 0.6) is 0 Å². The third-order valence-corrected chi connectivity index (χ3v) is 3.69. The SMILES string of the molecule is CC(C)CC(C)OCC(O)CNC(C)(C)C(C)(C)O. The van der Waals surface area contributed by atoms with Gasteiger partial charge in [-0.2, -0.15) is 0 Å². The quantitative estimate of drug-likeness (QED) is 0.602. The number of aliphatic hydroxyl groups excluding tert-OH is 1. The highest BCUT2D eigenvalue weighted by molar-refractivity contribution is 4.93. The van der Waals surface area contributed by atoms with Gasteiger partial charge in [-0.25, -0.2) is 0 Å². The van der Waals surface area contributed by atoms with Crippen LogP contribution in [-0.4, -0.2) is 46.7 Å². The van der Waals surface area contributed by atoms with E-state index in [1.807, 2.05) is 20.8 Å². The van der Waals surface area contributed by atoms with Crippen LogP contribution in [-0.2, 0) is 4.74 Å². The standard InChI is InChI=1S/C15H33NO3/c1-11(2)8-12(3)19-10-13(17)9-16-14(4,5)15(6,7)18/h11-13,16-18H,8-10H2,1-7H3. The normalized spacial score (nSPS) is 16.7. The van der Waals surface area contributed by atoms with Crippen LogP contribution in [0.25, 0.3) is 0 Å². The molecule has 0 aromatic carbocycles. The van der Waals surface area contributed by atoms with Crippen LogP contribution in [0.4, 0.5) is 0 Å². The van der Waals surface area contributed by atoms with Crippen LogP contribution in [0, 0.1) is 5.92 Å². The van der Waals surface area contributed by atoms with E-state index in [9.17, 15) is 10.2 Å². The summed E-state index contributed by atoms with van der Waals surface area (Å²) in [5, 5.41) is 23.1. The van der Waals surface area contributed by atoms with Crippen molar-refractivity contribution < 1.29 is 14.9 Å². The predicted octanol–water partition coefficient (Wildman–Crippen LogP) is 1.94. The van der Waals surface area contributed by atoms with E-state index in [2.05, 4.69) is 19.2 Å². The minimum atomic E-state index is -0.849. The smallest absolute Gasteiger partial charge is 0.0898 e. The Balaban J connectivity index is 3.97. The molecule has 116 valence electrons. The molecule has 0 fully saturated rings. The summed E-state index contributed by atoms with van der Waals surface area (Å²) in [7, 11) is 0. The van der Waals surface area contributed by atoms with Gasteiger partial charge in [-0.3, -0.25) is 0 Å². The molecule has 2 unspecified atom stereocenters. The number of β-amino-alcohol motifs (C(OH)–C–C–N with tert-alkyl or cyclic N) is 1. The first-order valence-electron chi connectivity index (χ1n) is 7.22. The molecule has 0 saturated heterocycles. The van der Waals surface area contributed by atoms with Gasteiger partial charge in [-0.15, -0.1) is 0 Å². The predicted molar refractivity (Wildman–Crippen MR) is 79.3 cm³/mol. The van der Waals surface area contributed by atoms with Crippen molar-refractivity contribution in [3.05, 3.63) is 0 Å². The van der Waals surface area contributed by atoms with Gasteiger partial charge in [0.2, 0.25) is 0 Å². The molecule has 2 atom stereocenters. The zero-order valence-corrected chi connectivity index (χ0v) is 13.7. The lowest BCUT2D eigenvalue weighted by atomic mass is 9.86. The van der Waals surface area contributed by atoms with Gasteiger partial charge in [0.1, 0.15) is 0 Å². The van der Waals surface area contributed by atoms with Gasteiger partial charge in [-0.05, 0) is 47.0 Å². The average Bonchev–Trinajstić information content (AvgIpc) is 2.21. The van der Waals surface area contributed by atoms with Crippen molar-refractivity contribution >= 4 is 0 Å². The third-order valence-electron chi connectivity index (χ3n) is 3.69. The fourth-order valence-electron chi connectivity index (χ4n) is 1.66. The molecule has 0 aromatic rings. The number of ether oxygens (including phenoxy) is 1. The number of aliphatic hydroxyl groups is 2. The number of nitrogens with one attached hydrogen (secondary N) is 1. The van der Waals surface area contributed by atoms with Crippen molar-refractivity contribution in [2.24, 2.45) is 5.92 Å². The minimum Gasteiger partial charge on any atom is -0.389 e. The van der Waals surface area contributed by atoms with E-state index in [1.54, 1.807) is 13.8 Å². The van der Waals surface area contributed by atoms with Crippen molar-refractivity contribution in [3.8, 4) is 0 Å². The monoisotopic (exact) mass is 275 g/mol. The summed E-state index contributed by atoms with van der Waals surface area (Å²) in [5.74, 6) is 0.597. The summed E-state index contributed by atoms with van der Waals surface area (Å²) in [6.07, 6.45) is 0.600. The fourth-order valence-corrected chi connectivity index (χ4v) is 1.66. The first-order valence-corrected chi connectivity index (χ1v) is 7.22. The van der Waals surface area contributed by atoms with Crippen molar-refractivity contribution in [2.75, 3.05) is 13.2 Å². The van der Waals surface area contributed by atoms with E-state index in [0.29, 0.717) is 19.1 Å². The maximum Gasteiger partial charge on any atom is 0.0898 e. The van der Waals surface area contributed by atoms with Crippen molar-refractivity contribution in [1.29, 1.82) is 0 Å². The second kappa shape index (κ2) is 7.58. The Morgan fingerprint density at radius 3 is 2.05 bits per heavy atom. The van der Waals surface area contributed by atoms with E-state index in [4.69, 9.17) is 4.74 Å². The van der Waals surface area contributed by atoms with Gasteiger partial charge in [0, 0.05) is 12.1 Å². The van der Waals surface area contributed by atoms with Gasteiger partial charge < -0.3 is 20.3 Å². The van der Waals surface area contributed by atoms with E-state index in [1.165, 1.54) is 0 Å². The van der Waals surface area contributed by atoms with E-state index in [0.717, 1.165) is 6.42 Å². The van der Waals surface area contributed by atoms with Gasteiger partial charge in [0.25, 0.3) is 0 Å². The molecule has 4 nitrogen and oxygen atoms in total.